The zero-order chi connectivity index (χ0) is 9.84. The highest BCUT2D eigenvalue weighted by Crippen LogP contribution is 2.33. The maximum Gasteiger partial charge on any atom is 0.410 e. The predicted octanol–water partition coefficient (Wildman–Crippen LogP) is 1.01. The van der Waals surface area contributed by atoms with Gasteiger partial charge in [-0.2, -0.15) is 0 Å². The molecule has 0 amide bonds. The van der Waals surface area contributed by atoms with E-state index in [4.69, 9.17) is 9.47 Å². The van der Waals surface area contributed by atoms with Gasteiger partial charge in [0.1, 0.15) is 6.20 Å². The zero-order valence-electron chi connectivity index (χ0n) is 7.18. The Hall–Kier alpha value is -1.85. The lowest BCUT2D eigenvalue weighted by Crippen LogP contribution is -1.98. The third-order valence-electron chi connectivity index (χ3n) is 1.45. The molecule has 0 spiro atoms. The zero-order valence-corrected chi connectivity index (χ0v) is 7.18. The van der Waals surface area contributed by atoms with E-state index in [2.05, 4.69) is 4.98 Å². The Kier molecular flexibility index (Phi) is 2.63. The normalized spacial score (nSPS) is 9.38. The molecule has 0 radical (unpaired) electrons. The van der Waals surface area contributed by atoms with Gasteiger partial charge in [-0.05, 0) is 9.91 Å². The SMILES string of the molecule is COc1ccnc([N+](=O)[O-])c1OC. The smallest absolute Gasteiger partial charge is 0.410 e. The van der Waals surface area contributed by atoms with Crippen LogP contribution < -0.4 is 9.47 Å². The molecular weight excluding hydrogens is 176 g/mol. The van der Waals surface area contributed by atoms with E-state index in [-0.39, 0.29) is 11.6 Å². The van der Waals surface area contributed by atoms with Crippen LogP contribution >= 0.6 is 0 Å². The number of rotatable bonds is 3. The van der Waals surface area contributed by atoms with E-state index in [9.17, 15) is 10.1 Å². The maximum absolute atomic E-state index is 10.5. The number of aromatic nitrogens is 1. The number of nitro groups is 1. The minimum absolute atomic E-state index is 0.0370. The van der Waals surface area contributed by atoms with E-state index >= 15 is 0 Å². The highest BCUT2D eigenvalue weighted by atomic mass is 16.6. The summed E-state index contributed by atoms with van der Waals surface area (Å²) in [5.41, 5.74) is 0. The third-order valence-corrected chi connectivity index (χ3v) is 1.45. The third kappa shape index (κ3) is 1.66. The van der Waals surface area contributed by atoms with Crippen LogP contribution in [0, 0.1) is 10.1 Å². The molecule has 0 saturated heterocycles. The molecule has 0 aliphatic rings. The molecule has 0 atom stereocenters. The molecule has 1 rings (SSSR count). The monoisotopic (exact) mass is 184 g/mol. The molecule has 0 aromatic carbocycles. The van der Waals surface area contributed by atoms with Gasteiger partial charge < -0.3 is 19.6 Å². The Balaban J connectivity index is 3.27. The first-order chi connectivity index (χ1) is 6.20. The van der Waals surface area contributed by atoms with Gasteiger partial charge in [-0.1, -0.05) is 0 Å². The Bertz CT molecular complexity index is 326. The van der Waals surface area contributed by atoms with E-state index < -0.39 is 4.92 Å². The first kappa shape index (κ1) is 9.24. The predicted molar refractivity (Wildman–Crippen MR) is 44.0 cm³/mol. The maximum atomic E-state index is 10.5. The Labute approximate surface area is 74.3 Å². The van der Waals surface area contributed by atoms with Crippen molar-refractivity contribution in [3.8, 4) is 11.5 Å². The molecule has 0 fully saturated rings. The average molecular weight is 184 g/mol. The van der Waals surface area contributed by atoms with Crippen LogP contribution in [-0.2, 0) is 0 Å². The lowest BCUT2D eigenvalue weighted by atomic mass is 10.4. The quantitative estimate of drug-likeness (QED) is 0.517. The highest BCUT2D eigenvalue weighted by molar-refractivity contribution is 5.50. The fourth-order valence-electron chi connectivity index (χ4n) is 0.903. The molecule has 70 valence electrons. The summed E-state index contributed by atoms with van der Waals surface area (Å²) < 4.78 is 9.66. The van der Waals surface area contributed by atoms with Gasteiger partial charge in [-0.25, -0.2) is 0 Å². The number of methoxy groups -OCH3 is 2. The summed E-state index contributed by atoms with van der Waals surface area (Å²) in [7, 11) is 2.73. The van der Waals surface area contributed by atoms with Gasteiger partial charge >= 0.3 is 5.82 Å². The second kappa shape index (κ2) is 3.70. The van der Waals surface area contributed by atoms with Gasteiger partial charge in [0.05, 0.1) is 14.2 Å². The first-order valence-electron chi connectivity index (χ1n) is 3.42. The van der Waals surface area contributed by atoms with Gasteiger partial charge in [0.15, 0.2) is 5.75 Å². The van der Waals surface area contributed by atoms with Crippen LogP contribution in [0.4, 0.5) is 5.82 Å². The van der Waals surface area contributed by atoms with E-state index in [1.165, 1.54) is 26.5 Å². The van der Waals surface area contributed by atoms with Gasteiger partial charge in [-0.15, -0.1) is 0 Å². The van der Waals surface area contributed by atoms with Crippen LogP contribution in [0.15, 0.2) is 12.3 Å². The van der Waals surface area contributed by atoms with Crippen molar-refractivity contribution in [3.63, 3.8) is 0 Å². The van der Waals surface area contributed by atoms with Gasteiger partial charge in [-0.3, -0.25) is 0 Å². The summed E-state index contributed by atoms with van der Waals surface area (Å²) in [6.07, 6.45) is 1.29. The molecule has 0 bridgehead atoms. The van der Waals surface area contributed by atoms with Crippen LogP contribution in [0.2, 0.25) is 0 Å². The van der Waals surface area contributed by atoms with E-state index in [1.807, 2.05) is 0 Å². The number of ether oxygens (including phenoxy) is 2. The Morgan fingerprint density at radius 3 is 2.62 bits per heavy atom. The second-order valence-electron chi connectivity index (χ2n) is 2.13. The van der Waals surface area contributed by atoms with Gasteiger partial charge in [0, 0.05) is 6.07 Å². The lowest BCUT2D eigenvalue weighted by molar-refractivity contribution is -0.390. The molecule has 0 N–H and O–H groups in total. The summed E-state index contributed by atoms with van der Waals surface area (Å²) in [6, 6.07) is 1.49. The van der Waals surface area contributed by atoms with Crippen molar-refractivity contribution in [1.29, 1.82) is 0 Å². The second-order valence-corrected chi connectivity index (χ2v) is 2.13. The van der Waals surface area contributed by atoms with Crippen LogP contribution in [0.1, 0.15) is 0 Å². The number of hydrogen-bond donors (Lipinski definition) is 0. The van der Waals surface area contributed by atoms with Crippen LogP contribution in [-0.4, -0.2) is 24.1 Å². The molecule has 1 aromatic rings. The summed E-state index contributed by atoms with van der Waals surface area (Å²) in [5.74, 6) is -0.0129. The number of nitrogens with zero attached hydrogens (tertiary/aromatic N) is 2. The highest BCUT2D eigenvalue weighted by Gasteiger charge is 2.20. The van der Waals surface area contributed by atoms with Crippen molar-refractivity contribution in [1.82, 2.24) is 4.98 Å². The molecule has 1 heterocycles. The molecule has 0 saturated carbocycles. The lowest BCUT2D eigenvalue weighted by Gasteiger charge is -2.05. The molecule has 6 nitrogen and oxygen atoms in total. The average Bonchev–Trinajstić information content (AvgIpc) is 2.16. The van der Waals surface area contributed by atoms with Crippen molar-refractivity contribution >= 4 is 5.82 Å². The van der Waals surface area contributed by atoms with Crippen LogP contribution in [0.25, 0.3) is 0 Å². The van der Waals surface area contributed by atoms with Crippen LogP contribution in [0.5, 0.6) is 11.5 Å². The van der Waals surface area contributed by atoms with Crippen molar-refractivity contribution in [2.24, 2.45) is 0 Å². The van der Waals surface area contributed by atoms with Crippen molar-refractivity contribution in [2.75, 3.05) is 14.2 Å². The fourth-order valence-corrected chi connectivity index (χ4v) is 0.903. The molecule has 1 aromatic heterocycles. The summed E-state index contributed by atoms with van der Waals surface area (Å²) in [4.78, 5) is 13.4. The number of hydrogen-bond acceptors (Lipinski definition) is 5. The van der Waals surface area contributed by atoms with Crippen molar-refractivity contribution < 1.29 is 14.4 Å². The molecule has 13 heavy (non-hydrogen) atoms. The van der Waals surface area contributed by atoms with Crippen molar-refractivity contribution in [3.05, 3.63) is 22.4 Å². The van der Waals surface area contributed by atoms with Crippen LogP contribution in [0.3, 0.4) is 0 Å². The largest absolute Gasteiger partial charge is 0.492 e. The molecule has 0 aliphatic carbocycles. The van der Waals surface area contributed by atoms with Gasteiger partial charge in [0.2, 0.25) is 0 Å². The summed E-state index contributed by atoms with van der Waals surface area (Å²) >= 11 is 0. The minimum Gasteiger partial charge on any atom is -0.492 e. The Morgan fingerprint density at radius 1 is 1.46 bits per heavy atom. The van der Waals surface area contributed by atoms with Gasteiger partial charge in [0.25, 0.3) is 5.75 Å². The topological polar surface area (TPSA) is 74.5 Å². The number of pyridine rings is 1. The standard InChI is InChI=1S/C7H8N2O4/c1-12-5-3-4-8-7(9(10)11)6(5)13-2/h3-4H,1-2H3. The first-order valence-corrected chi connectivity index (χ1v) is 3.42. The molecule has 0 unspecified atom stereocenters. The summed E-state index contributed by atoms with van der Waals surface area (Å²) in [6.45, 7) is 0. The molecule has 0 aliphatic heterocycles. The van der Waals surface area contributed by atoms with Crippen molar-refractivity contribution in [2.45, 2.75) is 0 Å². The Morgan fingerprint density at radius 2 is 2.15 bits per heavy atom. The molecule has 6 heteroatoms. The van der Waals surface area contributed by atoms with E-state index in [0.717, 1.165) is 0 Å². The van der Waals surface area contributed by atoms with E-state index in [1.54, 1.807) is 0 Å². The minimum atomic E-state index is -0.624. The summed E-state index contributed by atoms with van der Waals surface area (Å²) in [5, 5.41) is 10.5. The van der Waals surface area contributed by atoms with E-state index in [0.29, 0.717) is 5.75 Å². The molecular formula is C7H8N2O4. The fraction of sp³-hybridized carbons (Fsp3) is 0.286.